The van der Waals surface area contributed by atoms with E-state index in [1.807, 2.05) is 0 Å². The Morgan fingerprint density at radius 1 is 1.24 bits per heavy atom. The minimum absolute atomic E-state index is 0.132. The fourth-order valence-electron chi connectivity index (χ4n) is 1.47. The van der Waals surface area contributed by atoms with Gasteiger partial charge in [-0.2, -0.15) is 0 Å². The van der Waals surface area contributed by atoms with E-state index < -0.39 is 5.97 Å². The quantitative estimate of drug-likeness (QED) is 0.773. The van der Waals surface area contributed by atoms with Crippen LogP contribution in [0.15, 0.2) is 4.42 Å². The molecule has 0 saturated carbocycles. The smallest absolute Gasteiger partial charge is 0.303 e. The van der Waals surface area contributed by atoms with E-state index in [1.54, 1.807) is 0 Å². The Bertz CT molecular complexity index is 366. The highest BCUT2D eigenvalue weighted by atomic mass is 16.4. The van der Waals surface area contributed by atoms with Gasteiger partial charge in [-0.25, -0.2) is 0 Å². The van der Waals surface area contributed by atoms with Crippen LogP contribution in [0.1, 0.15) is 51.8 Å². The van der Waals surface area contributed by atoms with E-state index in [-0.39, 0.29) is 11.8 Å². The number of unbranched alkanes of at least 4 members (excludes halogenated alkanes) is 1. The maximum absolute atomic E-state index is 10.3. The third-order valence-electron chi connectivity index (χ3n) is 2.22. The largest absolute Gasteiger partial charge is 0.481 e. The van der Waals surface area contributed by atoms with E-state index >= 15 is 0 Å². The number of hydrogen-bond acceptors (Lipinski definition) is 4. The molecule has 0 unspecified atom stereocenters. The molecule has 0 spiro atoms. The summed E-state index contributed by atoms with van der Waals surface area (Å²) in [5.74, 6) is 0.504. The lowest BCUT2D eigenvalue weighted by Crippen LogP contribution is -2.09. The van der Waals surface area contributed by atoms with Crippen LogP contribution in [-0.4, -0.2) is 21.3 Å². The number of rotatable bonds is 6. The molecule has 1 N–H and O–H groups in total. The Hall–Kier alpha value is -1.39. The Kier molecular flexibility index (Phi) is 4.66. The number of carboxylic acids is 1. The van der Waals surface area contributed by atoms with E-state index in [4.69, 9.17) is 9.52 Å². The number of carboxylic acid groups (broad SMARTS) is 1. The average Bonchev–Trinajstić information content (AvgIpc) is 2.57. The predicted octanol–water partition coefficient (Wildman–Crippen LogP) is 2.46. The van der Waals surface area contributed by atoms with Gasteiger partial charge in [0, 0.05) is 19.3 Å². The number of nitrogens with zero attached hydrogens (tertiary/aromatic N) is 2. The summed E-state index contributed by atoms with van der Waals surface area (Å²) in [6.45, 7) is 6.34. The zero-order chi connectivity index (χ0) is 12.9. The van der Waals surface area contributed by atoms with E-state index in [0.29, 0.717) is 24.6 Å². The first kappa shape index (κ1) is 13.7. The molecule has 1 rings (SSSR count). The van der Waals surface area contributed by atoms with E-state index in [9.17, 15) is 4.79 Å². The molecule has 0 aliphatic rings. The van der Waals surface area contributed by atoms with Crippen molar-refractivity contribution in [3.05, 3.63) is 11.8 Å². The van der Waals surface area contributed by atoms with Crippen molar-refractivity contribution in [1.82, 2.24) is 10.2 Å². The lowest BCUT2D eigenvalue weighted by atomic mass is 9.92. The fraction of sp³-hybridized carbons (Fsp3) is 0.750. The average molecular weight is 240 g/mol. The molecule has 0 bridgehead atoms. The summed E-state index contributed by atoms with van der Waals surface area (Å²) < 4.78 is 5.50. The van der Waals surface area contributed by atoms with Gasteiger partial charge in [-0.15, -0.1) is 10.2 Å². The summed E-state index contributed by atoms with van der Waals surface area (Å²) in [4.78, 5) is 10.3. The highest BCUT2D eigenvalue weighted by molar-refractivity contribution is 5.66. The van der Waals surface area contributed by atoms with Crippen LogP contribution in [0.25, 0.3) is 0 Å². The maximum Gasteiger partial charge on any atom is 0.303 e. The molecule has 5 heteroatoms. The van der Waals surface area contributed by atoms with Crippen LogP contribution < -0.4 is 0 Å². The standard InChI is InChI=1S/C12H20N2O3/c1-12(2,3)8-10-14-13-9(17-10)6-4-5-7-11(15)16/h4-8H2,1-3H3,(H,15,16). The number of hydrogen-bond donors (Lipinski definition) is 1. The summed E-state index contributed by atoms with van der Waals surface area (Å²) >= 11 is 0. The van der Waals surface area contributed by atoms with Crippen molar-refractivity contribution in [2.24, 2.45) is 5.41 Å². The zero-order valence-electron chi connectivity index (χ0n) is 10.7. The van der Waals surface area contributed by atoms with Crippen LogP contribution in [0.4, 0.5) is 0 Å². The van der Waals surface area contributed by atoms with Gasteiger partial charge in [0.05, 0.1) is 0 Å². The van der Waals surface area contributed by atoms with Gasteiger partial charge in [-0.05, 0) is 18.3 Å². The summed E-state index contributed by atoms with van der Waals surface area (Å²) in [6.07, 6.45) is 3.03. The molecule has 0 aliphatic heterocycles. The van der Waals surface area contributed by atoms with E-state index in [1.165, 1.54) is 0 Å². The number of carbonyl (C=O) groups is 1. The minimum Gasteiger partial charge on any atom is -0.481 e. The summed E-state index contributed by atoms with van der Waals surface area (Å²) in [7, 11) is 0. The predicted molar refractivity (Wildman–Crippen MR) is 62.6 cm³/mol. The molecule has 0 aromatic carbocycles. The number of aliphatic carboxylic acids is 1. The Balaban J connectivity index is 2.33. The second kappa shape index (κ2) is 5.80. The first-order valence-corrected chi connectivity index (χ1v) is 5.90. The van der Waals surface area contributed by atoms with Crippen LogP contribution in [-0.2, 0) is 17.6 Å². The summed E-state index contributed by atoms with van der Waals surface area (Å²) in [5.41, 5.74) is 0.132. The topological polar surface area (TPSA) is 76.2 Å². The molecule has 0 fully saturated rings. The molecule has 5 nitrogen and oxygen atoms in total. The number of aryl methyl sites for hydroxylation is 1. The van der Waals surface area contributed by atoms with Crippen molar-refractivity contribution in [2.75, 3.05) is 0 Å². The second-order valence-electron chi connectivity index (χ2n) is 5.43. The van der Waals surface area contributed by atoms with Gasteiger partial charge in [-0.3, -0.25) is 4.79 Å². The Morgan fingerprint density at radius 2 is 1.88 bits per heavy atom. The normalized spacial score (nSPS) is 11.7. The van der Waals surface area contributed by atoms with Gasteiger partial charge in [0.2, 0.25) is 11.8 Å². The molecule has 0 saturated heterocycles. The summed E-state index contributed by atoms with van der Waals surface area (Å²) in [6, 6.07) is 0. The Labute approximate surface area is 101 Å². The van der Waals surface area contributed by atoms with Gasteiger partial charge in [0.15, 0.2) is 0 Å². The van der Waals surface area contributed by atoms with Crippen LogP contribution in [0.2, 0.25) is 0 Å². The first-order valence-electron chi connectivity index (χ1n) is 5.90. The van der Waals surface area contributed by atoms with E-state index in [2.05, 4.69) is 31.0 Å². The highest BCUT2D eigenvalue weighted by Crippen LogP contribution is 2.19. The third-order valence-corrected chi connectivity index (χ3v) is 2.22. The SMILES string of the molecule is CC(C)(C)Cc1nnc(CCCCC(=O)O)o1. The minimum atomic E-state index is -0.760. The molecule has 0 amide bonds. The maximum atomic E-state index is 10.3. The molecule has 1 aromatic rings. The van der Waals surface area contributed by atoms with Crippen molar-refractivity contribution >= 4 is 5.97 Å². The monoisotopic (exact) mass is 240 g/mol. The van der Waals surface area contributed by atoms with Crippen molar-refractivity contribution in [3.63, 3.8) is 0 Å². The van der Waals surface area contributed by atoms with Crippen LogP contribution >= 0.6 is 0 Å². The van der Waals surface area contributed by atoms with Gasteiger partial charge in [0.1, 0.15) is 0 Å². The molecule has 0 radical (unpaired) electrons. The lowest BCUT2D eigenvalue weighted by molar-refractivity contribution is -0.137. The summed E-state index contributed by atoms with van der Waals surface area (Å²) in [5, 5.41) is 16.4. The molecule has 96 valence electrons. The first-order chi connectivity index (χ1) is 7.87. The lowest BCUT2D eigenvalue weighted by Gasteiger charge is -2.14. The van der Waals surface area contributed by atoms with Crippen LogP contribution in [0.3, 0.4) is 0 Å². The van der Waals surface area contributed by atoms with Gasteiger partial charge in [-0.1, -0.05) is 20.8 Å². The van der Waals surface area contributed by atoms with Gasteiger partial charge < -0.3 is 9.52 Å². The number of aromatic nitrogens is 2. The molecular weight excluding hydrogens is 220 g/mol. The Morgan fingerprint density at radius 3 is 2.47 bits per heavy atom. The highest BCUT2D eigenvalue weighted by Gasteiger charge is 2.16. The molecule has 0 atom stereocenters. The van der Waals surface area contributed by atoms with Gasteiger partial charge in [0.25, 0.3) is 0 Å². The zero-order valence-corrected chi connectivity index (χ0v) is 10.7. The molecule has 0 aliphatic carbocycles. The molecule has 1 aromatic heterocycles. The van der Waals surface area contributed by atoms with E-state index in [0.717, 1.165) is 12.8 Å². The van der Waals surface area contributed by atoms with Crippen molar-refractivity contribution in [3.8, 4) is 0 Å². The molecule has 1 heterocycles. The van der Waals surface area contributed by atoms with Crippen LogP contribution in [0.5, 0.6) is 0 Å². The molecule has 17 heavy (non-hydrogen) atoms. The molecular formula is C12H20N2O3. The van der Waals surface area contributed by atoms with Crippen molar-refractivity contribution in [1.29, 1.82) is 0 Å². The van der Waals surface area contributed by atoms with Crippen molar-refractivity contribution < 1.29 is 14.3 Å². The third kappa shape index (κ3) is 6.04. The van der Waals surface area contributed by atoms with Gasteiger partial charge >= 0.3 is 5.97 Å². The van der Waals surface area contributed by atoms with Crippen LogP contribution in [0, 0.1) is 5.41 Å². The second-order valence-corrected chi connectivity index (χ2v) is 5.43. The van der Waals surface area contributed by atoms with Crippen molar-refractivity contribution in [2.45, 2.75) is 52.9 Å². The fourth-order valence-corrected chi connectivity index (χ4v) is 1.47.